The molecule has 2 nitrogen and oxygen atoms in total. The minimum Gasteiger partial charge on any atom is -0.457 e. The summed E-state index contributed by atoms with van der Waals surface area (Å²) in [5, 5.41) is 5.24. The van der Waals surface area contributed by atoms with Crippen molar-refractivity contribution in [3.8, 4) is 43.9 Å². The zero-order valence-electron chi connectivity index (χ0n) is 33.9. The smallest absolute Gasteiger partial charge is 0.132 e. The van der Waals surface area contributed by atoms with Crippen LogP contribution in [0.1, 0.15) is 43.1 Å². The van der Waals surface area contributed by atoms with Crippen LogP contribution in [0.2, 0.25) is 0 Å². The number of hydrogen-bond donors (Lipinski definition) is 0. The topological polar surface area (TPSA) is 18.5 Å². The molecule has 4 aromatic heterocycles. The molecule has 0 amide bonds. The monoisotopic (exact) mass is 888 g/mol. The maximum atomic E-state index is 6.91. The van der Waals surface area contributed by atoms with Crippen LogP contribution in [0.15, 0.2) is 194 Å². The van der Waals surface area contributed by atoms with E-state index in [0.717, 1.165) is 45.3 Å². The quantitative estimate of drug-likeness (QED) is 0.172. The van der Waals surface area contributed by atoms with Crippen molar-refractivity contribution in [1.82, 2.24) is 0 Å². The average Bonchev–Trinajstić information content (AvgIpc) is 4.16. The highest BCUT2D eigenvalue weighted by atomic mass is 32.1. The minimum atomic E-state index is -0.690. The van der Waals surface area contributed by atoms with Gasteiger partial charge in [0.1, 0.15) is 23.0 Å². The Hall–Kier alpha value is -6.80. The van der Waals surface area contributed by atoms with Gasteiger partial charge in [0.05, 0.1) is 10.8 Å². The number of fused-ring (bicyclic) bond motifs is 20. The minimum absolute atomic E-state index is 0.690. The third-order valence-corrected chi connectivity index (χ3v) is 18.8. The van der Waals surface area contributed by atoms with Crippen molar-refractivity contribution in [2.75, 3.05) is 0 Å². The van der Waals surface area contributed by atoms with Gasteiger partial charge in [-0.15, -0.1) is 45.3 Å². The average molecular weight is 889 g/mol. The van der Waals surface area contributed by atoms with Crippen molar-refractivity contribution in [3.63, 3.8) is 0 Å². The normalized spacial score (nSPS) is 14.8. The summed E-state index contributed by atoms with van der Waals surface area (Å²) in [4.78, 5) is 5.11. The van der Waals surface area contributed by atoms with E-state index in [1.807, 2.05) is 45.3 Å². The van der Waals surface area contributed by atoms with E-state index in [-0.39, 0.29) is 0 Å². The molecule has 0 unspecified atom stereocenters. The van der Waals surface area contributed by atoms with E-state index in [4.69, 9.17) is 9.47 Å². The maximum Gasteiger partial charge on any atom is 0.132 e. The zero-order chi connectivity index (χ0) is 41.7. The van der Waals surface area contributed by atoms with Crippen LogP contribution in [0, 0.1) is 0 Å². The fraction of sp³-hybridized carbons (Fsp3) is 0.0345. The van der Waals surface area contributed by atoms with Crippen molar-refractivity contribution in [3.05, 3.63) is 237 Å². The Labute approximate surface area is 384 Å². The molecule has 8 aromatic carbocycles. The molecule has 15 rings (SSSR count). The van der Waals surface area contributed by atoms with E-state index in [1.165, 1.54) is 82.1 Å². The third-order valence-electron chi connectivity index (χ3n) is 13.9. The molecular formula is C58H32O2S4. The van der Waals surface area contributed by atoms with E-state index in [0.29, 0.717) is 0 Å². The van der Waals surface area contributed by atoms with Gasteiger partial charge in [0.25, 0.3) is 0 Å². The van der Waals surface area contributed by atoms with Crippen molar-refractivity contribution in [2.45, 2.75) is 10.8 Å². The summed E-state index contributed by atoms with van der Waals surface area (Å²) in [7, 11) is 0. The second kappa shape index (κ2) is 12.9. The first-order chi connectivity index (χ1) is 31.7. The molecule has 0 N–H and O–H groups in total. The van der Waals surface area contributed by atoms with Crippen LogP contribution < -0.4 is 9.47 Å². The summed E-state index contributed by atoms with van der Waals surface area (Å²) in [6, 6.07) is 71.9. The molecule has 1 aliphatic carbocycles. The predicted octanol–water partition coefficient (Wildman–Crippen LogP) is 17.2. The number of hydrogen-bond acceptors (Lipinski definition) is 6. The van der Waals surface area contributed by atoms with Crippen LogP contribution in [0.25, 0.3) is 61.2 Å². The lowest BCUT2D eigenvalue weighted by Crippen LogP contribution is -2.45. The molecule has 12 aromatic rings. The molecule has 0 atom stereocenters. The zero-order valence-corrected chi connectivity index (χ0v) is 37.2. The van der Waals surface area contributed by atoms with E-state index < -0.39 is 10.8 Å². The highest BCUT2D eigenvalue weighted by Gasteiger charge is 2.61. The van der Waals surface area contributed by atoms with Gasteiger partial charge in [0.15, 0.2) is 0 Å². The Morgan fingerprint density at radius 2 is 0.625 bits per heavy atom. The Kier molecular flexibility index (Phi) is 7.19. The molecule has 0 saturated heterocycles. The Morgan fingerprint density at radius 1 is 0.281 bits per heavy atom. The van der Waals surface area contributed by atoms with E-state index in [1.54, 1.807) is 0 Å². The number of rotatable bonds is 2. The van der Waals surface area contributed by atoms with Gasteiger partial charge < -0.3 is 9.47 Å². The van der Waals surface area contributed by atoms with Gasteiger partial charge in [-0.3, -0.25) is 0 Å². The van der Waals surface area contributed by atoms with Gasteiger partial charge in [-0.1, -0.05) is 133 Å². The molecular weight excluding hydrogens is 857 g/mol. The second-order valence-electron chi connectivity index (χ2n) is 17.0. The first kappa shape index (κ1) is 35.6. The molecule has 2 spiro atoms. The molecule has 0 saturated carbocycles. The summed E-state index contributed by atoms with van der Waals surface area (Å²) in [5.74, 6) is 3.57. The first-order valence-corrected chi connectivity index (χ1v) is 24.8. The van der Waals surface area contributed by atoms with Crippen LogP contribution in [-0.4, -0.2) is 0 Å². The van der Waals surface area contributed by atoms with Crippen molar-refractivity contribution >= 4 is 85.7 Å². The SMILES string of the molecule is c1ccc2c(c1)Oc1ccccc1C21c2cc(-c3ccc4c(c3)sc3ccccc34)sc2C2(c3ccccc3Oc3ccccc32)c2cc(-c3ccc4c(c3)sc3ccccc34)sc21. The van der Waals surface area contributed by atoms with Crippen molar-refractivity contribution < 1.29 is 9.47 Å². The lowest BCUT2D eigenvalue weighted by Gasteiger charge is -2.50. The highest BCUT2D eigenvalue weighted by Crippen LogP contribution is 2.70. The maximum absolute atomic E-state index is 6.91. The fourth-order valence-corrected chi connectivity index (χ4v) is 16.4. The van der Waals surface area contributed by atoms with Crippen LogP contribution in [0.3, 0.4) is 0 Å². The third kappa shape index (κ3) is 4.53. The van der Waals surface area contributed by atoms with Gasteiger partial charge in [0, 0.05) is 82.1 Å². The summed E-state index contributed by atoms with van der Waals surface area (Å²) in [5.41, 5.74) is 8.32. The predicted molar refractivity (Wildman–Crippen MR) is 269 cm³/mol. The molecule has 0 fully saturated rings. The summed E-state index contributed by atoms with van der Waals surface area (Å²) in [6.45, 7) is 0. The summed E-state index contributed by atoms with van der Waals surface area (Å²) >= 11 is 7.64. The van der Waals surface area contributed by atoms with E-state index >= 15 is 0 Å². The molecule has 64 heavy (non-hydrogen) atoms. The van der Waals surface area contributed by atoms with E-state index in [9.17, 15) is 0 Å². The van der Waals surface area contributed by atoms with Crippen molar-refractivity contribution in [1.29, 1.82) is 0 Å². The number of ether oxygens (including phenoxy) is 2. The molecule has 6 heteroatoms. The van der Waals surface area contributed by atoms with Gasteiger partial charge >= 0.3 is 0 Å². The fourth-order valence-electron chi connectivity index (χ4n) is 11.2. The second-order valence-corrected chi connectivity index (χ2v) is 21.3. The lowest BCUT2D eigenvalue weighted by atomic mass is 9.54. The molecule has 2 aliphatic heterocycles. The first-order valence-electron chi connectivity index (χ1n) is 21.5. The number of benzene rings is 8. The van der Waals surface area contributed by atoms with Gasteiger partial charge in [0.2, 0.25) is 0 Å². The lowest BCUT2D eigenvalue weighted by molar-refractivity contribution is 0.418. The van der Waals surface area contributed by atoms with Gasteiger partial charge in [-0.05, 0) is 82.9 Å². The molecule has 3 aliphatic rings. The Bertz CT molecular complexity index is 3560. The van der Waals surface area contributed by atoms with Crippen LogP contribution in [0.5, 0.6) is 23.0 Å². The summed E-state index contributed by atoms with van der Waals surface area (Å²) < 4.78 is 19.1. The number of para-hydroxylation sites is 4. The van der Waals surface area contributed by atoms with Gasteiger partial charge in [-0.2, -0.15) is 0 Å². The largest absolute Gasteiger partial charge is 0.457 e. The number of thiophene rings is 4. The molecule has 300 valence electrons. The Morgan fingerprint density at radius 3 is 1.03 bits per heavy atom. The van der Waals surface area contributed by atoms with Crippen molar-refractivity contribution in [2.24, 2.45) is 0 Å². The van der Waals surface area contributed by atoms with E-state index in [2.05, 4.69) is 194 Å². The van der Waals surface area contributed by atoms with Crippen LogP contribution in [-0.2, 0) is 10.8 Å². The highest BCUT2D eigenvalue weighted by molar-refractivity contribution is 7.26. The molecule has 6 heterocycles. The van der Waals surface area contributed by atoms with Gasteiger partial charge in [-0.25, -0.2) is 0 Å². The molecule has 0 radical (unpaired) electrons. The van der Waals surface area contributed by atoms with Crippen LogP contribution >= 0.6 is 45.3 Å². The summed E-state index contributed by atoms with van der Waals surface area (Å²) in [6.07, 6.45) is 0. The Balaban J connectivity index is 1.10. The van der Waals surface area contributed by atoms with Crippen LogP contribution in [0.4, 0.5) is 0 Å². The molecule has 0 bridgehead atoms. The standard InChI is InChI=1S/C58H32O2S4/c1-11-23-49-35(13-1)37-27-25-33(29-53(37)61-49)51-31-43-55(63-51)58(41-17-5-9-21-47(41)60-48-22-10-6-18-42(48)58)44-32-52(34-26-28-38-36-14-2-12-24-50(36)62-54(38)30-34)64-56(44)57(43)39-15-3-7-19-45(39)59-46-20-8-4-16-40(46)57/h1-32H.